The van der Waals surface area contributed by atoms with Crippen LogP contribution in [0.3, 0.4) is 0 Å². The maximum atomic E-state index is 6.45. The van der Waals surface area contributed by atoms with Gasteiger partial charge >= 0.3 is 0 Å². The summed E-state index contributed by atoms with van der Waals surface area (Å²) in [4.78, 5) is 4.84. The summed E-state index contributed by atoms with van der Waals surface area (Å²) in [6.45, 7) is 6.60. The zero-order valence-corrected chi connectivity index (χ0v) is 14.3. The first-order valence-corrected chi connectivity index (χ1v) is 8.24. The fourth-order valence-electron chi connectivity index (χ4n) is 3.52. The van der Waals surface area contributed by atoms with Crippen molar-refractivity contribution in [1.82, 2.24) is 9.80 Å². The van der Waals surface area contributed by atoms with Crippen LogP contribution in [0, 0.1) is 5.92 Å². The maximum Gasteiger partial charge on any atom is 0.0514 e. The van der Waals surface area contributed by atoms with Crippen LogP contribution in [0.5, 0.6) is 0 Å². The predicted molar refractivity (Wildman–Crippen MR) is 90.7 cm³/mol. The number of benzene rings is 1. The van der Waals surface area contributed by atoms with Crippen molar-refractivity contribution >= 4 is 11.6 Å². The number of hydrogen-bond acceptors (Lipinski definition) is 3. The van der Waals surface area contributed by atoms with Gasteiger partial charge in [0.25, 0.3) is 0 Å². The van der Waals surface area contributed by atoms with E-state index in [-0.39, 0.29) is 12.1 Å². The van der Waals surface area contributed by atoms with Gasteiger partial charge in [-0.2, -0.15) is 0 Å². The van der Waals surface area contributed by atoms with Crippen molar-refractivity contribution in [2.75, 3.05) is 27.2 Å². The molecule has 0 amide bonds. The second kappa shape index (κ2) is 7.10. The van der Waals surface area contributed by atoms with E-state index in [1.165, 1.54) is 5.56 Å². The molecule has 0 spiro atoms. The third kappa shape index (κ3) is 3.59. The molecule has 4 atom stereocenters. The molecule has 0 aliphatic carbocycles. The highest BCUT2D eigenvalue weighted by Gasteiger charge is 2.37. The van der Waals surface area contributed by atoms with Gasteiger partial charge in [-0.05, 0) is 38.1 Å². The van der Waals surface area contributed by atoms with Crippen LogP contribution in [0.1, 0.15) is 31.9 Å². The van der Waals surface area contributed by atoms with Crippen LogP contribution in [-0.4, -0.2) is 49.1 Å². The van der Waals surface area contributed by atoms with Crippen LogP contribution < -0.4 is 5.73 Å². The van der Waals surface area contributed by atoms with E-state index >= 15 is 0 Å². The lowest BCUT2D eigenvalue weighted by Gasteiger charge is -2.33. The van der Waals surface area contributed by atoms with E-state index in [9.17, 15) is 0 Å². The van der Waals surface area contributed by atoms with Gasteiger partial charge in [0.2, 0.25) is 0 Å². The lowest BCUT2D eigenvalue weighted by Crippen LogP contribution is -2.41. The Morgan fingerprint density at radius 2 is 2.00 bits per heavy atom. The van der Waals surface area contributed by atoms with Crippen molar-refractivity contribution in [1.29, 1.82) is 0 Å². The Morgan fingerprint density at radius 3 is 2.52 bits per heavy atom. The molecule has 0 saturated carbocycles. The Kier molecular flexibility index (Phi) is 5.67. The number of nitrogens with two attached hydrogens (primary N) is 1. The van der Waals surface area contributed by atoms with Gasteiger partial charge in [0.05, 0.1) is 6.04 Å². The first-order chi connectivity index (χ1) is 9.95. The quantitative estimate of drug-likeness (QED) is 0.907. The van der Waals surface area contributed by atoms with Crippen LogP contribution in [0.4, 0.5) is 0 Å². The van der Waals surface area contributed by atoms with Crippen LogP contribution in [0.2, 0.25) is 5.02 Å². The van der Waals surface area contributed by atoms with Crippen LogP contribution >= 0.6 is 11.6 Å². The summed E-state index contributed by atoms with van der Waals surface area (Å²) >= 11 is 6.44. The summed E-state index contributed by atoms with van der Waals surface area (Å²) in [6.07, 6.45) is 0.952. The SMILES string of the molecule is CCC(N)C(c1ccccc1Cl)N1CC(C)C(N(C)C)C1. The zero-order chi connectivity index (χ0) is 15.6. The lowest BCUT2D eigenvalue weighted by atomic mass is 9.96. The summed E-state index contributed by atoms with van der Waals surface area (Å²) in [5.74, 6) is 0.647. The van der Waals surface area contributed by atoms with Crippen LogP contribution in [-0.2, 0) is 0 Å². The molecular formula is C17H28ClN3. The number of likely N-dealkylation sites (tertiary alicyclic amines) is 1. The van der Waals surface area contributed by atoms with E-state index in [1.54, 1.807) is 0 Å². The molecule has 3 nitrogen and oxygen atoms in total. The second-order valence-electron chi connectivity index (χ2n) is 6.50. The number of nitrogens with zero attached hydrogens (tertiary/aromatic N) is 2. The van der Waals surface area contributed by atoms with Crippen molar-refractivity contribution in [3.63, 3.8) is 0 Å². The fraction of sp³-hybridized carbons (Fsp3) is 0.647. The van der Waals surface area contributed by atoms with Crippen LogP contribution in [0.15, 0.2) is 24.3 Å². The highest BCUT2D eigenvalue weighted by atomic mass is 35.5. The third-order valence-electron chi connectivity index (χ3n) is 4.76. The monoisotopic (exact) mass is 309 g/mol. The molecule has 0 radical (unpaired) electrons. The van der Waals surface area contributed by atoms with Crippen molar-refractivity contribution in [2.24, 2.45) is 11.7 Å². The van der Waals surface area contributed by atoms with Gasteiger partial charge in [-0.25, -0.2) is 0 Å². The Balaban J connectivity index is 2.28. The van der Waals surface area contributed by atoms with E-state index in [0.717, 1.165) is 24.5 Å². The molecule has 4 heteroatoms. The summed E-state index contributed by atoms with van der Waals surface area (Å²) < 4.78 is 0. The molecule has 1 heterocycles. The Morgan fingerprint density at radius 1 is 1.33 bits per heavy atom. The zero-order valence-electron chi connectivity index (χ0n) is 13.6. The summed E-state index contributed by atoms with van der Waals surface area (Å²) in [6, 6.07) is 9.02. The van der Waals surface area contributed by atoms with Gasteiger partial charge in [0.15, 0.2) is 0 Å². The number of likely N-dealkylation sites (N-methyl/N-ethyl adjacent to an activating group) is 1. The Bertz CT molecular complexity index is 463. The molecule has 0 bridgehead atoms. The van der Waals surface area contributed by atoms with Crippen molar-refractivity contribution < 1.29 is 0 Å². The summed E-state index contributed by atoms with van der Waals surface area (Å²) in [5.41, 5.74) is 7.62. The lowest BCUT2D eigenvalue weighted by molar-refractivity contribution is 0.190. The second-order valence-corrected chi connectivity index (χ2v) is 6.91. The normalized spacial score (nSPS) is 26.2. The number of rotatable bonds is 5. The van der Waals surface area contributed by atoms with Gasteiger partial charge in [0, 0.05) is 30.2 Å². The number of halogens is 1. The molecule has 1 aliphatic heterocycles. The molecule has 1 saturated heterocycles. The largest absolute Gasteiger partial charge is 0.326 e. The fourth-order valence-corrected chi connectivity index (χ4v) is 3.77. The molecule has 1 aliphatic rings. The Labute approximate surface area is 134 Å². The molecule has 118 valence electrons. The first kappa shape index (κ1) is 16.8. The summed E-state index contributed by atoms with van der Waals surface area (Å²) in [5, 5.41) is 0.826. The molecule has 1 fully saturated rings. The minimum Gasteiger partial charge on any atom is -0.326 e. The van der Waals surface area contributed by atoms with Crippen molar-refractivity contribution in [3.05, 3.63) is 34.9 Å². The van der Waals surface area contributed by atoms with Gasteiger partial charge in [-0.3, -0.25) is 4.90 Å². The molecule has 0 aromatic heterocycles. The predicted octanol–water partition coefficient (Wildman–Crippen LogP) is 3.00. The van der Waals surface area contributed by atoms with Gasteiger partial charge < -0.3 is 10.6 Å². The minimum absolute atomic E-state index is 0.109. The first-order valence-electron chi connectivity index (χ1n) is 7.86. The molecule has 1 aromatic carbocycles. The smallest absolute Gasteiger partial charge is 0.0514 e. The van der Waals surface area contributed by atoms with E-state index in [4.69, 9.17) is 17.3 Å². The van der Waals surface area contributed by atoms with Gasteiger partial charge in [-0.1, -0.05) is 43.6 Å². The summed E-state index contributed by atoms with van der Waals surface area (Å²) in [7, 11) is 4.32. The maximum absolute atomic E-state index is 6.45. The molecule has 2 rings (SSSR count). The van der Waals surface area contributed by atoms with Crippen molar-refractivity contribution in [3.8, 4) is 0 Å². The molecule has 4 unspecified atom stereocenters. The van der Waals surface area contributed by atoms with Crippen molar-refractivity contribution in [2.45, 2.75) is 38.4 Å². The third-order valence-corrected chi connectivity index (χ3v) is 5.10. The van der Waals surface area contributed by atoms with E-state index in [0.29, 0.717) is 12.0 Å². The van der Waals surface area contributed by atoms with E-state index in [2.05, 4.69) is 49.9 Å². The number of hydrogen-bond donors (Lipinski definition) is 1. The highest BCUT2D eigenvalue weighted by molar-refractivity contribution is 6.31. The minimum atomic E-state index is 0.109. The molecular weight excluding hydrogens is 282 g/mol. The standard InChI is InChI=1S/C17H28ClN3/c1-5-15(19)17(13-8-6-7-9-14(13)18)21-10-12(2)16(11-21)20(3)4/h6-9,12,15-17H,5,10-11,19H2,1-4H3. The topological polar surface area (TPSA) is 32.5 Å². The van der Waals surface area contributed by atoms with E-state index < -0.39 is 0 Å². The van der Waals surface area contributed by atoms with Gasteiger partial charge in [-0.15, -0.1) is 0 Å². The van der Waals surface area contributed by atoms with Gasteiger partial charge in [0.1, 0.15) is 0 Å². The van der Waals surface area contributed by atoms with E-state index in [1.807, 2.05) is 12.1 Å². The molecule has 1 aromatic rings. The highest BCUT2D eigenvalue weighted by Crippen LogP contribution is 2.35. The molecule has 2 N–H and O–H groups in total. The Hall–Kier alpha value is -0.610. The average Bonchev–Trinajstić information content (AvgIpc) is 2.83. The average molecular weight is 310 g/mol. The molecule has 21 heavy (non-hydrogen) atoms. The van der Waals surface area contributed by atoms with Crippen LogP contribution in [0.25, 0.3) is 0 Å².